The van der Waals surface area contributed by atoms with Gasteiger partial charge in [0, 0.05) is 49.7 Å². The average molecular weight is 304 g/mol. The standard InChI is InChI=1S/C16H24N4S/c1-13-5-7-21-16(13)12-19-9-14(8-18(2)3)10-20-15(11-19)4-6-17-20/h4-7,14H,8-12H2,1-3H3/t14-/m1/s1. The van der Waals surface area contributed by atoms with Crippen LogP contribution in [0.5, 0.6) is 0 Å². The molecule has 0 spiro atoms. The lowest BCUT2D eigenvalue weighted by Crippen LogP contribution is -2.33. The van der Waals surface area contributed by atoms with Crippen LogP contribution in [0.2, 0.25) is 0 Å². The maximum Gasteiger partial charge on any atom is 0.0524 e. The van der Waals surface area contributed by atoms with E-state index in [9.17, 15) is 0 Å². The molecule has 1 atom stereocenters. The van der Waals surface area contributed by atoms with Gasteiger partial charge in [-0.1, -0.05) is 0 Å². The lowest BCUT2D eigenvalue weighted by Gasteiger charge is -2.25. The van der Waals surface area contributed by atoms with Gasteiger partial charge < -0.3 is 4.90 Å². The average Bonchev–Trinajstić information content (AvgIpc) is 2.96. The summed E-state index contributed by atoms with van der Waals surface area (Å²) in [6.07, 6.45) is 1.93. The Morgan fingerprint density at radius 3 is 2.90 bits per heavy atom. The molecule has 21 heavy (non-hydrogen) atoms. The molecule has 5 heteroatoms. The van der Waals surface area contributed by atoms with E-state index in [1.54, 1.807) is 0 Å². The van der Waals surface area contributed by atoms with Crippen molar-refractivity contribution in [3.05, 3.63) is 39.8 Å². The second kappa shape index (κ2) is 6.30. The highest BCUT2D eigenvalue weighted by molar-refractivity contribution is 7.10. The van der Waals surface area contributed by atoms with Crippen LogP contribution in [0, 0.1) is 12.8 Å². The zero-order valence-electron chi connectivity index (χ0n) is 13.1. The molecule has 0 bridgehead atoms. The fourth-order valence-electron chi connectivity index (χ4n) is 3.14. The quantitative estimate of drug-likeness (QED) is 0.867. The molecule has 114 valence electrons. The van der Waals surface area contributed by atoms with Crippen LogP contribution in [0.15, 0.2) is 23.7 Å². The minimum Gasteiger partial charge on any atom is -0.309 e. The summed E-state index contributed by atoms with van der Waals surface area (Å²) in [6, 6.07) is 4.38. The first-order valence-corrected chi connectivity index (χ1v) is 8.40. The van der Waals surface area contributed by atoms with Crippen molar-refractivity contribution < 1.29 is 0 Å². The summed E-state index contributed by atoms with van der Waals surface area (Å²) in [5, 5.41) is 6.70. The third kappa shape index (κ3) is 3.54. The van der Waals surface area contributed by atoms with Gasteiger partial charge in [-0.2, -0.15) is 5.10 Å². The van der Waals surface area contributed by atoms with Gasteiger partial charge in [0.1, 0.15) is 0 Å². The Hall–Kier alpha value is -1.17. The van der Waals surface area contributed by atoms with Crippen LogP contribution in [0.1, 0.15) is 16.1 Å². The zero-order chi connectivity index (χ0) is 14.8. The molecule has 0 unspecified atom stereocenters. The van der Waals surface area contributed by atoms with Crippen LogP contribution in [0.25, 0.3) is 0 Å². The molecule has 2 aromatic rings. The highest BCUT2D eigenvalue weighted by atomic mass is 32.1. The van der Waals surface area contributed by atoms with Crippen LogP contribution in [0.4, 0.5) is 0 Å². The van der Waals surface area contributed by atoms with Crippen LogP contribution in [-0.2, 0) is 19.6 Å². The predicted molar refractivity (Wildman–Crippen MR) is 87.4 cm³/mol. The first-order valence-electron chi connectivity index (χ1n) is 7.52. The number of hydrogen-bond acceptors (Lipinski definition) is 4. The molecule has 0 fully saturated rings. The van der Waals surface area contributed by atoms with Gasteiger partial charge in [-0.15, -0.1) is 11.3 Å². The van der Waals surface area contributed by atoms with Gasteiger partial charge >= 0.3 is 0 Å². The monoisotopic (exact) mass is 304 g/mol. The van der Waals surface area contributed by atoms with Crippen LogP contribution < -0.4 is 0 Å². The number of hydrogen-bond donors (Lipinski definition) is 0. The van der Waals surface area contributed by atoms with E-state index in [1.807, 2.05) is 17.5 Å². The van der Waals surface area contributed by atoms with E-state index in [2.05, 4.69) is 58.1 Å². The van der Waals surface area contributed by atoms with Crippen LogP contribution in [0.3, 0.4) is 0 Å². The summed E-state index contributed by atoms with van der Waals surface area (Å²) in [7, 11) is 4.31. The molecular formula is C16H24N4S. The van der Waals surface area contributed by atoms with Gasteiger partial charge in [0.2, 0.25) is 0 Å². The summed E-state index contributed by atoms with van der Waals surface area (Å²) < 4.78 is 2.19. The van der Waals surface area contributed by atoms with Crippen molar-refractivity contribution in [2.24, 2.45) is 5.92 Å². The Labute approximate surface area is 131 Å². The Morgan fingerprint density at radius 2 is 2.19 bits per heavy atom. The molecule has 3 rings (SSSR count). The zero-order valence-corrected chi connectivity index (χ0v) is 13.9. The van der Waals surface area contributed by atoms with Gasteiger partial charge in [-0.05, 0) is 44.1 Å². The highest BCUT2D eigenvalue weighted by Gasteiger charge is 2.23. The first kappa shape index (κ1) is 14.8. The molecule has 1 aliphatic heterocycles. The topological polar surface area (TPSA) is 24.3 Å². The Kier molecular flexibility index (Phi) is 4.42. The van der Waals surface area contributed by atoms with E-state index in [1.165, 1.54) is 16.1 Å². The van der Waals surface area contributed by atoms with E-state index < -0.39 is 0 Å². The summed E-state index contributed by atoms with van der Waals surface area (Å²) in [5.74, 6) is 0.626. The molecule has 3 heterocycles. The van der Waals surface area contributed by atoms with Gasteiger partial charge in [0.15, 0.2) is 0 Å². The number of nitrogens with zero attached hydrogens (tertiary/aromatic N) is 4. The third-order valence-electron chi connectivity index (χ3n) is 4.10. The predicted octanol–water partition coefficient (Wildman–Crippen LogP) is 2.45. The number of aryl methyl sites for hydroxylation is 1. The minimum atomic E-state index is 0.626. The second-order valence-electron chi connectivity index (χ2n) is 6.33. The molecule has 0 saturated carbocycles. The number of aromatic nitrogens is 2. The van der Waals surface area contributed by atoms with Gasteiger partial charge in [0.05, 0.1) is 5.69 Å². The van der Waals surface area contributed by atoms with Gasteiger partial charge in [-0.3, -0.25) is 9.58 Å². The first-order chi connectivity index (χ1) is 10.1. The van der Waals surface area contributed by atoms with Crippen molar-refractivity contribution in [3.63, 3.8) is 0 Å². The van der Waals surface area contributed by atoms with Crippen molar-refractivity contribution in [1.29, 1.82) is 0 Å². The normalized spacial score (nSPS) is 19.7. The number of fused-ring (bicyclic) bond motifs is 1. The van der Waals surface area contributed by atoms with Crippen molar-refractivity contribution in [3.8, 4) is 0 Å². The van der Waals surface area contributed by atoms with E-state index >= 15 is 0 Å². The lowest BCUT2D eigenvalue weighted by atomic mass is 10.1. The highest BCUT2D eigenvalue weighted by Crippen LogP contribution is 2.22. The SMILES string of the molecule is Cc1ccsc1CN1Cc2ccnn2C[C@H](CN(C)C)C1. The molecule has 2 aromatic heterocycles. The smallest absolute Gasteiger partial charge is 0.0524 e. The largest absolute Gasteiger partial charge is 0.309 e. The molecule has 4 nitrogen and oxygen atoms in total. The summed E-state index contributed by atoms with van der Waals surface area (Å²) in [5.41, 5.74) is 2.76. The van der Waals surface area contributed by atoms with Crippen molar-refractivity contribution in [1.82, 2.24) is 19.6 Å². The Morgan fingerprint density at radius 1 is 1.33 bits per heavy atom. The van der Waals surface area contributed by atoms with Crippen LogP contribution >= 0.6 is 11.3 Å². The molecule has 0 radical (unpaired) electrons. The summed E-state index contributed by atoms with van der Waals surface area (Å²) in [6.45, 7) is 7.55. The Bertz CT molecular complexity index is 587. The van der Waals surface area contributed by atoms with E-state index in [4.69, 9.17) is 0 Å². The van der Waals surface area contributed by atoms with E-state index in [0.717, 1.165) is 32.7 Å². The number of rotatable bonds is 4. The van der Waals surface area contributed by atoms with Gasteiger partial charge in [-0.25, -0.2) is 0 Å². The summed E-state index contributed by atoms with van der Waals surface area (Å²) in [4.78, 5) is 6.35. The molecule has 0 aromatic carbocycles. The molecule has 0 saturated heterocycles. The van der Waals surface area contributed by atoms with E-state index in [-0.39, 0.29) is 0 Å². The fraction of sp³-hybridized carbons (Fsp3) is 0.562. The Balaban J connectivity index is 1.78. The van der Waals surface area contributed by atoms with Crippen molar-refractivity contribution >= 4 is 11.3 Å². The molecule has 0 aliphatic carbocycles. The maximum absolute atomic E-state index is 4.50. The molecule has 1 aliphatic rings. The van der Waals surface area contributed by atoms with Crippen molar-refractivity contribution in [2.45, 2.75) is 26.6 Å². The third-order valence-corrected chi connectivity index (χ3v) is 5.10. The lowest BCUT2D eigenvalue weighted by molar-refractivity contribution is 0.195. The van der Waals surface area contributed by atoms with Crippen molar-refractivity contribution in [2.75, 3.05) is 27.2 Å². The second-order valence-corrected chi connectivity index (χ2v) is 7.33. The number of thiophene rings is 1. The van der Waals surface area contributed by atoms with Gasteiger partial charge in [0.25, 0.3) is 0 Å². The fourth-order valence-corrected chi connectivity index (χ4v) is 4.09. The maximum atomic E-state index is 4.50. The molecule has 0 amide bonds. The summed E-state index contributed by atoms with van der Waals surface area (Å²) >= 11 is 1.87. The molecular weight excluding hydrogens is 280 g/mol. The minimum absolute atomic E-state index is 0.626. The van der Waals surface area contributed by atoms with E-state index in [0.29, 0.717) is 5.92 Å². The molecule has 0 N–H and O–H groups in total. The van der Waals surface area contributed by atoms with Crippen LogP contribution in [-0.4, -0.2) is 46.8 Å².